The lowest BCUT2D eigenvalue weighted by atomic mass is 9.62. The van der Waals surface area contributed by atoms with Gasteiger partial charge in [-0.3, -0.25) is 0 Å². The van der Waals surface area contributed by atoms with E-state index in [1.54, 1.807) is 0 Å². The van der Waals surface area contributed by atoms with Crippen molar-refractivity contribution in [3.05, 3.63) is 58.7 Å². The Morgan fingerprint density at radius 1 is 0.700 bits per heavy atom. The van der Waals surface area contributed by atoms with Gasteiger partial charge >= 0.3 is 0 Å². The predicted octanol–water partition coefficient (Wildman–Crippen LogP) is 2.48. The standard InChI is InChI=1S/C13H6BF6/c1-5-2-3-6(15)9(11(5)18)14-10-7(16)4-8(17)12(19)13(10)20/h2-4H,1H3. The van der Waals surface area contributed by atoms with Crippen LogP contribution in [0.25, 0.3) is 0 Å². The Morgan fingerprint density at radius 2 is 1.30 bits per heavy atom. The van der Waals surface area contributed by atoms with Crippen molar-refractivity contribution in [2.24, 2.45) is 0 Å². The van der Waals surface area contributed by atoms with Crippen LogP contribution in [0, 0.1) is 41.8 Å². The molecule has 0 N–H and O–H groups in total. The Morgan fingerprint density at radius 3 is 1.95 bits per heavy atom. The van der Waals surface area contributed by atoms with Gasteiger partial charge in [-0.1, -0.05) is 6.07 Å². The summed E-state index contributed by atoms with van der Waals surface area (Å²) in [7, 11) is 0.463. The summed E-state index contributed by atoms with van der Waals surface area (Å²) < 4.78 is 79.8. The van der Waals surface area contributed by atoms with Gasteiger partial charge in [-0.2, -0.15) is 0 Å². The summed E-state index contributed by atoms with van der Waals surface area (Å²) in [5, 5.41) is 0. The fourth-order valence-corrected chi connectivity index (χ4v) is 1.67. The topological polar surface area (TPSA) is 0 Å². The largest absolute Gasteiger partial charge is 0.208 e. The van der Waals surface area contributed by atoms with Crippen molar-refractivity contribution in [2.45, 2.75) is 6.92 Å². The molecule has 1 radical (unpaired) electrons. The molecule has 0 saturated heterocycles. The zero-order chi connectivity index (χ0) is 15.0. The average molecular weight is 287 g/mol. The Balaban J connectivity index is 2.57. The molecule has 0 heterocycles. The maximum absolute atomic E-state index is 13.7. The lowest BCUT2D eigenvalue weighted by molar-refractivity contribution is 0.440. The second kappa shape index (κ2) is 5.23. The summed E-state index contributed by atoms with van der Waals surface area (Å²) in [4.78, 5) is 0. The summed E-state index contributed by atoms with van der Waals surface area (Å²) in [6, 6.07) is 2.15. The SMILES string of the molecule is Cc1ccc(F)c([B]c2c(F)cc(F)c(F)c2F)c1F. The molecule has 20 heavy (non-hydrogen) atoms. The fraction of sp³-hybridized carbons (Fsp3) is 0.0769. The molecule has 0 fully saturated rings. The molecule has 0 aliphatic heterocycles. The monoisotopic (exact) mass is 287 g/mol. The Hall–Kier alpha value is -1.92. The van der Waals surface area contributed by atoms with Crippen LogP contribution in [0.4, 0.5) is 26.3 Å². The molecular weight excluding hydrogens is 281 g/mol. The first-order valence-corrected chi connectivity index (χ1v) is 5.45. The predicted molar refractivity (Wildman–Crippen MR) is 62.4 cm³/mol. The van der Waals surface area contributed by atoms with Gasteiger partial charge in [0.1, 0.15) is 17.5 Å². The quantitative estimate of drug-likeness (QED) is 0.344. The van der Waals surface area contributed by atoms with Crippen molar-refractivity contribution in [1.29, 1.82) is 0 Å². The minimum absolute atomic E-state index is 0.0426. The Kier molecular flexibility index (Phi) is 3.79. The number of hydrogen-bond donors (Lipinski definition) is 0. The highest BCUT2D eigenvalue weighted by molar-refractivity contribution is 6.67. The molecule has 0 saturated carbocycles. The van der Waals surface area contributed by atoms with E-state index in [0.717, 1.165) is 12.1 Å². The van der Waals surface area contributed by atoms with Crippen molar-refractivity contribution in [3.63, 3.8) is 0 Å². The molecule has 0 spiro atoms. The normalized spacial score (nSPS) is 10.8. The molecule has 0 aliphatic rings. The molecule has 0 atom stereocenters. The van der Waals surface area contributed by atoms with Crippen LogP contribution in [0.2, 0.25) is 0 Å². The number of aryl methyl sites for hydroxylation is 1. The molecule has 0 amide bonds. The highest BCUT2D eigenvalue weighted by Gasteiger charge is 2.23. The van der Waals surface area contributed by atoms with E-state index < -0.39 is 45.8 Å². The van der Waals surface area contributed by atoms with E-state index in [1.807, 2.05) is 0 Å². The second-order valence-corrected chi connectivity index (χ2v) is 4.12. The zero-order valence-corrected chi connectivity index (χ0v) is 10.1. The lowest BCUT2D eigenvalue weighted by Crippen LogP contribution is -2.37. The summed E-state index contributed by atoms with van der Waals surface area (Å²) in [6.07, 6.45) is 0. The van der Waals surface area contributed by atoms with Crippen LogP contribution in [0.1, 0.15) is 5.56 Å². The van der Waals surface area contributed by atoms with E-state index in [4.69, 9.17) is 0 Å². The first-order chi connectivity index (χ1) is 9.32. The third-order valence-corrected chi connectivity index (χ3v) is 2.76. The summed E-state index contributed by atoms with van der Waals surface area (Å²) >= 11 is 0. The summed E-state index contributed by atoms with van der Waals surface area (Å²) in [6.45, 7) is 1.32. The lowest BCUT2D eigenvalue weighted by Gasteiger charge is -2.09. The van der Waals surface area contributed by atoms with Gasteiger partial charge in [0.05, 0.1) is 0 Å². The number of hydrogen-bond acceptors (Lipinski definition) is 0. The zero-order valence-electron chi connectivity index (χ0n) is 10.1. The van der Waals surface area contributed by atoms with E-state index in [0.29, 0.717) is 7.28 Å². The first-order valence-electron chi connectivity index (χ1n) is 5.45. The van der Waals surface area contributed by atoms with E-state index in [9.17, 15) is 26.3 Å². The van der Waals surface area contributed by atoms with Crippen molar-refractivity contribution < 1.29 is 26.3 Å². The maximum Gasteiger partial charge on any atom is 0.207 e. The molecule has 2 rings (SSSR count). The second-order valence-electron chi connectivity index (χ2n) is 4.12. The average Bonchev–Trinajstić information content (AvgIpc) is 2.40. The summed E-state index contributed by atoms with van der Waals surface area (Å²) in [5.41, 5.74) is -1.73. The number of halogens is 6. The van der Waals surface area contributed by atoms with Gasteiger partial charge in [0.25, 0.3) is 0 Å². The van der Waals surface area contributed by atoms with Crippen LogP contribution in [0.15, 0.2) is 18.2 Å². The van der Waals surface area contributed by atoms with E-state index in [1.165, 1.54) is 6.92 Å². The summed E-state index contributed by atoms with van der Waals surface area (Å²) in [5.74, 6) is -9.04. The van der Waals surface area contributed by atoms with Crippen LogP contribution in [-0.4, -0.2) is 7.28 Å². The van der Waals surface area contributed by atoms with Crippen molar-refractivity contribution >= 4 is 18.2 Å². The van der Waals surface area contributed by atoms with Crippen molar-refractivity contribution in [3.8, 4) is 0 Å². The maximum atomic E-state index is 13.7. The fourth-order valence-electron chi connectivity index (χ4n) is 1.67. The molecule has 0 unspecified atom stereocenters. The number of rotatable bonds is 2. The van der Waals surface area contributed by atoms with Gasteiger partial charge in [-0.05, 0) is 29.5 Å². The van der Waals surface area contributed by atoms with Crippen LogP contribution in [-0.2, 0) is 0 Å². The highest BCUT2D eigenvalue weighted by atomic mass is 19.2. The minimum Gasteiger partial charge on any atom is -0.208 e. The molecule has 2 aromatic rings. The van der Waals surface area contributed by atoms with Gasteiger partial charge in [-0.15, -0.1) is 0 Å². The third kappa shape index (κ3) is 2.40. The molecule has 7 heteroatoms. The van der Waals surface area contributed by atoms with Crippen LogP contribution >= 0.6 is 0 Å². The van der Waals surface area contributed by atoms with Crippen LogP contribution < -0.4 is 10.9 Å². The van der Waals surface area contributed by atoms with E-state index in [-0.39, 0.29) is 11.6 Å². The smallest absolute Gasteiger partial charge is 0.207 e. The van der Waals surface area contributed by atoms with E-state index >= 15 is 0 Å². The van der Waals surface area contributed by atoms with Gasteiger partial charge in [0, 0.05) is 6.07 Å². The molecule has 0 bridgehead atoms. The highest BCUT2D eigenvalue weighted by Crippen LogP contribution is 2.11. The first kappa shape index (κ1) is 14.5. The molecule has 2 aromatic carbocycles. The molecular formula is C13H6BF6. The molecule has 0 nitrogen and oxygen atoms in total. The number of benzene rings is 2. The molecule has 0 aliphatic carbocycles. The van der Waals surface area contributed by atoms with Crippen LogP contribution in [0.5, 0.6) is 0 Å². The molecule has 0 aromatic heterocycles. The third-order valence-electron chi connectivity index (χ3n) is 2.76. The van der Waals surface area contributed by atoms with Crippen LogP contribution in [0.3, 0.4) is 0 Å². The van der Waals surface area contributed by atoms with Gasteiger partial charge in [0.15, 0.2) is 17.5 Å². The minimum atomic E-state index is -1.91. The Bertz CT molecular complexity index is 683. The van der Waals surface area contributed by atoms with Crippen molar-refractivity contribution in [2.75, 3.05) is 0 Å². The van der Waals surface area contributed by atoms with Gasteiger partial charge in [0.2, 0.25) is 7.28 Å². The van der Waals surface area contributed by atoms with Gasteiger partial charge in [-0.25, -0.2) is 26.3 Å². The van der Waals surface area contributed by atoms with Gasteiger partial charge < -0.3 is 0 Å². The van der Waals surface area contributed by atoms with E-state index in [2.05, 4.69) is 0 Å². The van der Waals surface area contributed by atoms with Crippen molar-refractivity contribution in [1.82, 2.24) is 0 Å². The Labute approximate surface area is 111 Å². The molecule has 103 valence electrons.